The van der Waals surface area contributed by atoms with Crippen LogP contribution in [-0.2, 0) is 4.79 Å². The van der Waals surface area contributed by atoms with Crippen molar-refractivity contribution in [3.8, 4) is 11.5 Å². The van der Waals surface area contributed by atoms with Crippen molar-refractivity contribution in [2.75, 3.05) is 26.2 Å². The van der Waals surface area contributed by atoms with Crippen LogP contribution in [0.5, 0.6) is 11.5 Å². The summed E-state index contributed by atoms with van der Waals surface area (Å²) in [7, 11) is 2.95. The Morgan fingerprint density at radius 2 is 2.05 bits per heavy atom. The van der Waals surface area contributed by atoms with E-state index in [9.17, 15) is 9.59 Å². The highest BCUT2D eigenvalue weighted by molar-refractivity contribution is 7.98. The van der Waals surface area contributed by atoms with Crippen LogP contribution < -0.4 is 14.8 Å². The number of aliphatic carboxylic acids is 1. The van der Waals surface area contributed by atoms with E-state index in [1.807, 2.05) is 6.26 Å². The SMILES string of the molecule is COc1ccc(C(=O)N[C@H](CCSC)C(=O)O)c(OC)c1. The van der Waals surface area contributed by atoms with Crippen LogP contribution in [0.3, 0.4) is 0 Å². The van der Waals surface area contributed by atoms with Crippen molar-refractivity contribution in [2.24, 2.45) is 0 Å². The molecule has 0 bridgehead atoms. The molecule has 1 amide bonds. The highest BCUT2D eigenvalue weighted by Crippen LogP contribution is 2.24. The van der Waals surface area contributed by atoms with E-state index in [0.717, 1.165) is 0 Å². The first-order valence-corrected chi connectivity index (χ1v) is 7.67. The van der Waals surface area contributed by atoms with E-state index in [2.05, 4.69) is 5.32 Å². The molecule has 0 fully saturated rings. The summed E-state index contributed by atoms with van der Waals surface area (Å²) < 4.78 is 10.2. The minimum Gasteiger partial charge on any atom is -0.497 e. The van der Waals surface area contributed by atoms with Crippen LogP contribution in [0.4, 0.5) is 0 Å². The molecule has 1 aromatic rings. The molecular formula is C14H19NO5S. The van der Waals surface area contributed by atoms with E-state index in [0.29, 0.717) is 23.7 Å². The largest absolute Gasteiger partial charge is 0.497 e. The quantitative estimate of drug-likeness (QED) is 0.759. The second kappa shape index (κ2) is 8.41. The third-order valence-corrected chi connectivity index (χ3v) is 3.51. The Balaban J connectivity index is 2.89. The highest BCUT2D eigenvalue weighted by atomic mass is 32.2. The fourth-order valence-corrected chi connectivity index (χ4v) is 2.19. The molecule has 0 radical (unpaired) electrons. The van der Waals surface area contributed by atoms with E-state index in [-0.39, 0.29) is 5.56 Å². The number of carbonyl (C=O) groups is 2. The van der Waals surface area contributed by atoms with Gasteiger partial charge in [0.15, 0.2) is 0 Å². The minimum absolute atomic E-state index is 0.272. The molecule has 0 spiro atoms. The summed E-state index contributed by atoms with van der Waals surface area (Å²) in [5, 5.41) is 11.6. The standard InChI is InChI=1S/C14H19NO5S/c1-19-9-4-5-10(12(8-9)20-2)13(16)15-11(14(17)18)6-7-21-3/h4-5,8,11H,6-7H2,1-3H3,(H,15,16)(H,17,18)/t11-/m1/s1. The summed E-state index contributed by atoms with van der Waals surface area (Å²) >= 11 is 1.53. The van der Waals surface area contributed by atoms with Crippen LogP contribution in [0.1, 0.15) is 16.8 Å². The lowest BCUT2D eigenvalue weighted by Crippen LogP contribution is -2.41. The van der Waals surface area contributed by atoms with Gasteiger partial charge in [-0.1, -0.05) is 0 Å². The number of nitrogens with one attached hydrogen (secondary N) is 1. The van der Waals surface area contributed by atoms with E-state index < -0.39 is 17.9 Å². The predicted octanol–water partition coefficient (Wildman–Crippen LogP) is 1.64. The second-order valence-corrected chi connectivity index (χ2v) is 5.20. The number of carboxylic acids is 1. The normalized spacial score (nSPS) is 11.6. The minimum atomic E-state index is -1.05. The summed E-state index contributed by atoms with van der Waals surface area (Å²) in [4.78, 5) is 23.4. The molecule has 0 heterocycles. The van der Waals surface area contributed by atoms with Crippen LogP contribution in [0.15, 0.2) is 18.2 Å². The monoisotopic (exact) mass is 313 g/mol. The summed E-state index contributed by atoms with van der Waals surface area (Å²) in [5.41, 5.74) is 0.272. The van der Waals surface area contributed by atoms with Crippen molar-refractivity contribution in [1.29, 1.82) is 0 Å². The molecule has 1 atom stereocenters. The van der Waals surface area contributed by atoms with Crippen molar-refractivity contribution >= 4 is 23.6 Å². The van der Waals surface area contributed by atoms with Crippen LogP contribution in [0.2, 0.25) is 0 Å². The summed E-state index contributed by atoms with van der Waals surface area (Å²) in [6, 6.07) is 3.82. The number of amides is 1. The van der Waals surface area contributed by atoms with Gasteiger partial charge in [0, 0.05) is 6.07 Å². The first-order chi connectivity index (χ1) is 10.0. The average Bonchev–Trinajstić information content (AvgIpc) is 2.50. The fourth-order valence-electron chi connectivity index (χ4n) is 1.72. The molecule has 1 aromatic carbocycles. The van der Waals surface area contributed by atoms with Crippen molar-refractivity contribution in [2.45, 2.75) is 12.5 Å². The summed E-state index contributed by atoms with van der Waals surface area (Å²) in [5.74, 6) is 0.00564. The zero-order chi connectivity index (χ0) is 15.8. The Kier molecular flexibility index (Phi) is 6.87. The molecular weight excluding hydrogens is 294 g/mol. The maximum Gasteiger partial charge on any atom is 0.326 e. The summed E-state index contributed by atoms with van der Waals surface area (Å²) in [6.45, 7) is 0. The number of thioether (sulfide) groups is 1. The molecule has 0 saturated carbocycles. The Morgan fingerprint density at radius 3 is 2.57 bits per heavy atom. The maximum atomic E-state index is 12.2. The van der Waals surface area contributed by atoms with E-state index in [1.54, 1.807) is 18.2 Å². The van der Waals surface area contributed by atoms with Crippen molar-refractivity contribution in [1.82, 2.24) is 5.32 Å². The Bertz CT molecular complexity index is 506. The van der Waals surface area contributed by atoms with Crippen LogP contribution in [0.25, 0.3) is 0 Å². The van der Waals surface area contributed by atoms with Gasteiger partial charge in [-0.15, -0.1) is 0 Å². The van der Waals surface area contributed by atoms with Gasteiger partial charge in [-0.05, 0) is 30.6 Å². The van der Waals surface area contributed by atoms with Gasteiger partial charge < -0.3 is 19.9 Å². The van der Waals surface area contributed by atoms with Crippen LogP contribution in [0, 0.1) is 0 Å². The number of methoxy groups -OCH3 is 2. The van der Waals surface area contributed by atoms with Gasteiger partial charge in [0.1, 0.15) is 17.5 Å². The lowest BCUT2D eigenvalue weighted by molar-refractivity contribution is -0.139. The molecule has 0 saturated heterocycles. The average molecular weight is 313 g/mol. The predicted molar refractivity (Wildman–Crippen MR) is 81.4 cm³/mol. The van der Waals surface area contributed by atoms with Gasteiger partial charge in [-0.3, -0.25) is 4.79 Å². The number of carbonyl (C=O) groups excluding carboxylic acids is 1. The molecule has 0 aliphatic heterocycles. The van der Waals surface area contributed by atoms with E-state index in [1.165, 1.54) is 26.0 Å². The van der Waals surface area contributed by atoms with Crippen LogP contribution in [-0.4, -0.2) is 49.3 Å². The number of rotatable bonds is 8. The number of hydrogen-bond donors (Lipinski definition) is 2. The van der Waals surface area contributed by atoms with Crippen molar-refractivity contribution in [3.63, 3.8) is 0 Å². The maximum absolute atomic E-state index is 12.2. The molecule has 116 valence electrons. The van der Waals surface area contributed by atoms with Crippen molar-refractivity contribution < 1.29 is 24.2 Å². The zero-order valence-electron chi connectivity index (χ0n) is 12.2. The molecule has 21 heavy (non-hydrogen) atoms. The molecule has 6 nitrogen and oxygen atoms in total. The third kappa shape index (κ3) is 4.86. The first kappa shape index (κ1) is 17.2. The Labute approximate surface area is 127 Å². The van der Waals surface area contributed by atoms with Gasteiger partial charge in [-0.25, -0.2) is 4.79 Å². The smallest absolute Gasteiger partial charge is 0.326 e. The number of hydrogen-bond acceptors (Lipinski definition) is 5. The fraction of sp³-hybridized carbons (Fsp3) is 0.429. The first-order valence-electron chi connectivity index (χ1n) is 6.28. The van der Waals surface area contributed by atoms with Gasteiger partial charge in [0.25, 0.3) is 5.91 Å². The molecule has 0 aromatic heterocycles. The molecule has 0 aliphatic rings. The number of benzene rings is 1. The van der Waals surface area contributed by atoms with Gasteiger partial charge in [0.2, 0.25) is 0 Å². The Morgan fingerprint density at radius 1 is 1.33 bits per heavy atom. The lowest BCUT2D eigenvalue weighted by atomic mass is 10.1. The molecule has 7 heteroatoms. The molecule has 1 rings (SSSR count). The van der Waals surface area contributed by atoms with Gasteiger partial charge in [-0.2, -0.15) is 11.8 Å². The second-order valence-electron chi connectivity index (χ2n) is 4.21. The Hall–Kier alpha value is -1.89. The lowest BCUT2D eigenvalue weighted by Gasteiger charge is -2.15. The van der Waals surface area contributed by atoms with Gasteiger partial charge in [0.05, 0.1) is 19.8 Å². The van der Waals surface area contributed by atoms with Crippen LogP contribution >= 0.6 is 11.8 Å². The number of ether oxygens (including phenoxy) is 2. The third-order valence-electron chi connectivity index (χ3n) is 2.87. The molecule has 0 aliphatic carbocycles. The topological polar surface area (TPSA) is 84.9 Å². The van der Waals surface area contributed by atoms with Crippen molar-refractivity contribution in [3.05, 3.63) is 23.8 Å². The van der Waals surface area contributed by atoms with E-state index in [4.69, 9.17) is 14.6 Å². The highest BCUT2D eigenvalue weighted by Gasteiger charge is 2.22. The molecule has 0 unspecified atom stereocenters. The van der Waals surface area contributed by atoms with Gasteiger partial charge >= 0.3 is 5.97 Å². The van der Waals surface area contributed by atoms with E-state index >= 15 is 0 Å². The number of carboxylic acid groups (broad SMARTS) is 1. The zero-order valence-corrected chi connectivity index (χ0v) is 13.0. The summed E-state index contributed by atoms with van der Waals surface area (Å²) in [6.07, 6.45) is 2.24. The molecule has 2 N–H and O–H groups in total.